The molecule has 2 aliphatic rings. The van der Waals surface area contributed by atoms with E-state index in [1.807, 2.05) is 25.1 Å². The van der Waals surface area contributed by atoms with E-state index in [0.29, 0.717) is 55.0 Å². The number of thioether (sulfide) groups is 1. The summed E-state index contributed by atoms with van der Waals surface area (Å²) in [5.41, 5.74) is 1.35. The number of carbonyl (C=O) groups is 3. The van der Waals surface area contributed by atoms with Crippen molar-refractivity contribution in [3.8, 4) is 11.5 Å². The zero-order valence-corrected chi connectivity index (χ0v) is 21.8. The lowest BCUT2D eigenvalue weighted by molar-refractivity contribution is -0.139. The number of hydrogen-bond acceptors (Lipinski definition) is 7. The van der Waals surface area contributed by atoms with Gasteiger partial charge in [-0.15, -0.1) is 0 Å². The number of halogens is 2. The molecule has 190 valence electrons. The number of ether oxygens (including phenoxy) is 3. The minimum Gasteiger partial charge on any atom is -0.490 e. The molecule has 0 radical (unpaired) electrons. The van der Waals surface area contributed by atoms with Crippen molar-refractivity contribution in [2.24, 2.45) is 0 Å². The third-order valence-corrected chi connectivity index (χ3v) is 7.05. The van der Waals surface area contributed by atoms with Crippen molar-refractivity contribution in [2.75, 3.05) is 39.5 Å². The Morgan fingerprint density at radius 1 is 1.11 bits per heavy atom. The standard InChI is InChI=1S/C25H24Cl2N2O6S/c1-2-34-20-12-16(11-19(27)23(20)35-15-17-5-3-4-6-18(17)26)13-21-24(31)29(25(32)36-21)14-22(30)28-7-9-33-10-8-28/h3-6,11-13H,2,7-10,14-15H2,1H3/b21-13+. The van der Waals surface area contributed by atoms with Gasteiger partial charge in [-0.05, 0) is 48.5 Å². The Morgan fingerprint density at radius 3 is 2.58 bits per heavy atom. The fourth-order valence-electron chi connectivity index (χ4n) is 3.68. The summed E-state index contributed by atoms with van der Waals surface area (Å²) in [6.07, 6.45) is 1.55. The molecule has 2 fully saturated rings. The third-order valence-electron chi connectivity index (χ3n) is 5.49. The summed E-state index contributed by atoms with van der Waals surface area (Å²) in [6, 6.07) is 10.6. The van der Waals surface area contributed by atoms with E-state index in [1.54, 1.807) is 29.2 Å². The zero-order chi connectivity index (χ0) is 25.7. The van der Waals surface area contributed by atoms with Crippen LogP contribution in [-0.4, -0.2) is 66.3 Å². The molecule has 2 aromatic carbocycles. The lowest BCUT2D eigenvalue weighted by Gasteiger charge is -2.28. The van der Waals surface area contributed by atoms with Gasteiger partial charge < -0.3 is 19.1 Å². The monoisotopic (exact) mass is 550 g/mol. The van der Waals surface area contributed by atoms with Gasteiger partial charge in [0.2, 0.25) is 5.91 Å². The molecule has 2 heterocycles. The molecule has 0 aliphatic carbocycles. The molecular weight excluding hydrogens is 527 g/mol. The number of morpholine rings is 1. The molecule has 0 N–H and O–H groups in total. The average molecular weight is 551 g/mol. The van der Waals surface area contributed by atoms with E-state index < -0.39 is 11.1 Å². The first kappa shape index (κ1) is 26.3. The Balaban J connectivity index is 1.51. The summed E-state index contributed by atoms with van der Waals surface area (Å²) in [7, 11) is 0. The summed E-state index contributed by atoms with van der Waals surface area (Å²) in [6.45, 7) is 3.83. The van der Waals surface area contributed by atoms with Crippen LogP contribution in [0.1, 0.15) is 18.1 Å². The van der Waals surface area contributed by atoms with Gasteiger partial charge in [-0.3, -0.25) is 19.3 Å². The van der Waals surface area contributed by atoms with Crippen LogP contribution in [-0.2, 0) is 20.9 Å². The highest BCUT2D eigenvalue weighted by molar-refractivity contribution is 8.18. The lowest BCUT2D eigenvalue weighted by Crippen LogP contribution is -2.46. The number of rotatable bonds is 8. The SMILES string of the molecule is CCOc1cc(/C=C2/SC(=O)N(CC(=O)N3CCOCC3)C2=O)cc(Cl)c1OCc1ccccc1Cl. The van der Waals surface area contributed by atoms with Gasteiger partial charge in [0.05, 0.1) is 29.7 Å². The molecule has 0 bridgehead atoms. The van der Waals surface area contributed by atoms with E-state index in [1.165, 1.54) is 0 Å². The quantitative estimate of drug-likeness (QED) is 0.433. The molecule has 11 heteroatoms. The number of imide groups is 1. The minimum atomic E-state index is -0.528. The van der Waals surface area contributed by atoms with Gasteiger partial charge in [0, 0.05) is 23.7 Å². The van der Waals surface area contributed by atoms with Crippen LogP contribution in [0.2, 0.25) is 10.0 Å². The third kappa shape index (κ3) is 6.15. The second-order valence-electron chi connectivity index (χ2n) is 7.90. The predicted octanol–water partition coefficient (Wildman–Crippen LogP) is 4.87. The number of amides is 3. The van der Waals surface area contributed by atoms with Crippen molar-refractivity contribution >= 4 is 58.1 Å². The van der Waals surface area contributed by atoms with Gasteiger partial charge in [-0.2, -0.15) is 0 Å². The molecule has 0 saturated carbocycles. The smallest absolute Gasteiger partial charge is 0.294 e. The fourth-order valence-corrected chi connectivity index (χ4v) is 4.98. The van der Waals surface area contributed by atoms with Crippen molar-refractivity contribution in [3.05, 3.63) is 62.5 Å². The predicted molar refractivity (Wildman–Crippen MR) is 138 cm³/mol. The van der Waals surface area contributed by atoms with Crippen LogP contribution in [0, 0.1) is 0 Å². The molecule has 2 saturated heterocycles. The number of benzene rings is 2. The molecule has 3 amide bonds. The van der Waals surface area contributed by atoms with Crippen molar-refractivity contribution in [1.82, 2.24) is 9.80 Å². The number of hydrogen-bond donors (Lipinski definition) is 0. The van der Waals surface area contributed by atoms with Crippen LogP contribution >= 0.6 is 35.0 Å². The van der Waals surface area contributed by atoms with Crippen LogP contribution < -0.4 is 9.47 Å². The Labute approximate surface area is 223 Å². The highest BCUT2D eigenvalue weighted by Crippen LogP contribution is 2.39. The summed E-state index contributed by atoms with van der Waals surface area (Å²) in [4.78, 5) is 40.7. The topological polar surface area (TPSA) is 85.4 Å². The summed E-state index contributed by atoms with van der Waals surface area (Å²) >= 11 is 13.5. The van der Waals surface area contributed by atoms with E-state index in [2.05, 4.69) is 0 Å². The highest BCUT2D eigenvalue weighted by atomic mass is 35.5. The first-order chi connectivity index (χ1) is 17.4. The number of carbonyl (C=O) groups excluding carboxylic acids is 3. The van der Waals surface area contributed by atoms with E-state index in [9.17, 15) is 14.4 Å². The first-order valence-electron chi connectivity index (χ1n) is 11.3. The van der Waals surface area contributed by atoms with E-state index >= 15 is 0 Å². The van der Waals surface area contributed by atoms with E-state index in [-0.39, 0.29) is 29.0 Å². The van der Waals surface area contributed by atoms with Gasteiger partial charge in [0.25, 0.3) is 11.1 Å². The molecule has 36 heavy (non-hydrogen) atoms. The van der Waals surface area contributed by atoms with Crippen molar-refractivity contribution in [1.29, 1.82) is 0 Å². The van der Waals surface area contributed by atoms with Gasteiger partial charge >= 0.3 is 0 Å². The summed E-state index contributed by atoms with van der Waals surface area (Å²) < 4.78 is 16.9. The zero-order valence-electron chi connectivity index (χ0n) is 19.5. The Bertz CT molecular complexity index is 1200. The Hall–Kier alpha value is -2.72. The van der Waals surface area contributed by atoms with Crippen LogP contribution in [0.3, 0.4) is 0 Å². The maximum Gasteiger partial charge on any atom is 0.294 e. The molecule has 0 unspecified atom stereocenters. The molecular formula is C25H24Cl2N2O6S. The van der Waals surface area contributed by atoms with E-state index in [4.69, 9.17) is 37.4 Å². The van der Waals surface area contributed by atoms with Crippen molar-refractivity contribution in [3.63, 3.8) is 0 Å². The largest absolute Gasteiger partial charge is 0.490 e. The lowest BCUT2D eigenvalue weighted by atomic mass is 10.1. The van der Waals surface area contributed by atoms with Crippen molar-refractivity contribution in [2.45, 2.75) is 13.5 Å². The van der Waals surface area contributed by atoms with Gasteiger partial charge in [0.15, 0.2) is 11.5 Å². The Morgan fingerprint density at radius 2 is 1.86 bits per heavy atom. The van der Waals surface area contributed by atoms with Gasteiger partial charge in [-0.25, -0.2) is 0 Å². The van der Waals surface area contributed by atoms with Crippen molar-refractivity contribution < 1.29 is 28.6 Å². The molecule has 0 aromatic heterocycles. The molecule has 0 spiro atoms. The molecule has 8 nitrogen and oxygen atoms in total. The minimum absolute atomic E-state index is 0.189. The first-order valence-corrected chi connectivity index (χ1v) is 12.9. The summed E-state index contributed by atoms with van der Waals surface area (Å²) in [5, 5.41) is 0.357. The molecule has 2 aliphatic heterocycles. The van der Waals surface area contributed by atoms with Crippen LogP contribution in [0.25, 0.3) is 6.08 Å². The van der Waals surface area contributed by atoms with Gasteiger partial charge in [-0.1, -0.05) is 41.4 Å². The number of nitrogens with zero attached hydrogens (tertiary/aromatic N) is 2. The summed E-state index contributed by atoms with van der Waals surface area (Å²) in [5.74, 6) is -0.0758. The normalized spacial score (nSPS) is 17.1. The Kier molecular flexibility index (Phi) is 8.79. The fraction of sp³-hybridized carbons (Fsp3) is 0.320. The average Bonchev–Trinajstić information content (AvgIpc) is 3.12. The van der Waals surface area contributed by atoms with E-state index in [0.717, 1.165) is 22.2 Å². The van der Waals surface area contributed by atoms with Crippen LogP contribution in [0.4, 0.5) is 4.79 Å². The second-order valence-corrected chi connectivity index (χ2v) is 9.71. The maximum absolute atomic E-state index is 12.9. The molecule has 0 atom stereocenters. The van der Waals surface area contributed by atoms with Gasteiger partial charge in [0.1, 0.15) is 13.2 Å². The molecule has 4 rings (SSSR count). The maximum atomic E-state index is 12.9. The molecule has 2 aromatic rings. The van der Waals surface area contributed by atoms with Crippen LogP contribution in [0.15, 0.2) is 41.3 Å². The second kappa shape index (κ2) is 12.0. The highest BCUT2D eigenvalue weighted by Gasteiger charge is 2.37. The van der Waals surface area contributed by atoms with Crippen LogP contribution in [0.5, 0.6) is 11.5 Å².